The minimum atomic E-state index is -0.590. The molecule has 1 aromatic heterocycles. The van der Waals surface area contributed by atoms with Gasteiger partial charge < -0.3 is 4.98 Å². The van der Waals surface area contributed by atoms with E-state index in [1.165, 1.54) is 30.5 Å². The van der Waals surface area contributed by atoms with Crippen LogP contribution in [0.5, 0.6) is 0 Å². The van der Waals surface area contributed by atoms with E-state index < -0.39 is 17.1 Å². The second kappa shape index (κ2) is 3.53. The van der Waals surface area contributed by atoms with Crippen molar-refractivity contribution in [3.63, 3.8) is 0 Å². The van der Waals surface area contributed by atoms with E-state index in [0.29, 0.717) is 0 Å². The molecule has 2 aromatic rings. The number of aromatic amines is 1. The van der Waals surface area contributed by atoms with E-state index in [4.69, 9.17) is 0 Å². The Balaban J connectivity index is 2.75. The van der Waals surface area contributed by atoms with E-state index in [0.717, 1.165) is 10.6 Å². The largest absolute Gasteiger partial charge is 0.332 e. The standard InChI is InChI=1S/C10H7FN2O2/c11-7-2-1-3-8(6-7)13-9(14)4-5-12-10(13)15/h1-6H,(H,12,15). The van der Waals surface area contributed by atoms with E-state index in [1.807, 2.05) is 0 Å². The van der Waals surface area contributed by atoms with Crippen LogP contribution in [0, 0.1) is 5.82 Å². The van der Waals surface area contributed by atoms with Crippen molar-refractivity contribution in [2.75, 3.05) is 0 Å². The lowest BCUT2D eigenvalue weighted by molar-refractivity contribution is 0.625. The monoisotopic (exact) mass is 206 g/mol. The average molecular weight is 206 g/mol. The van der Waals surface area contributed by atoms with Crippen LogP contribution in [0.4, 0.5) is 4.39 Å². The molecule has 0 aliphatic rings. The molecule has 5 heteroatoms. The highest BCUT2D eigenvalue weighted by Crippen LogP contribution is 2.04. The minimum absolute atomic E-state index is 0.210. The fraction of sp³-hybridized carbons (Fsp3) is 0. The molecule has 0 aliphatic heterocycles. The SMILES string of the molecule is O=c1cc[nH]c(=O)n1-c1cccc(F)c1. The highest BCUT2D eigenvalue weighted by Gasteiger charge is 2.03. The zero-order valence-corrected chi connectivity index (χ0v) is 7.61. The Labute approximate surface area is 83.6 Å². The van der Waals surface area contributed by atoms with E-state index in [-0.39, 0.29) is 5.69 Å². The van der Waals surface area contributed by atoms with Gasteiger partial charge in [0.15, 0.2) is 0 Å². The molecule has 1 heterocycles. The maximum absolute atomic E-state index is 12.9. The third-order valence-corrected chi connectivity index (χ3v) is 1.92. The summed E-state index contributed by atoms with van der Waals surface area (Å²) in [5, 5.41) is 0. The second-order valence-corrected chi connectivity index (χ2v) is 2.94. The molecule has 0 fully saturated rings. The van der Waals surface area contributed by atoms with Crippen molar-refractivity contribution in [2.45, 2.75) is 0 Å². The van der Waals surface area contributed by atoms with Gasteiger partial charge in [-0.1, -0.05) is 6.07 Å². The van der Waals surface area contributed by atoms with Crippen LogP contribution in [0.15, 0.2) is 46.1 Å². The Morgan fingerprint density at radius 2 is 2.00 bits per heavy atom. The third-order valence-electron chi connectivity index (χ3n) is 1.92. The zero-order valence-electron chi connectivity index (χ0n) is 7.61. The lowest BCUT2D eigenvalue weighted by Crippen LogP contribution is -2.32. The molecule has 4 nitrogen and oxygen atoms in total. The van der Waals surface area contributed by atoms with Gasteiger partial charge in [0.25, 0.3) is 5.56 Å². The topological polar surface area (TPSA) is 54.9 Å². The Bertz CT molecular complexity index is 572. The molecule has 0 saturated heterocycles. The molecule has 0 bridgehead atoms. The number of hydrogen-bond donors (Lipinski definition) is 1. The summed E-state index contributed by atoms with van der Waals surface area (Å²) < 4.78 is 13.8. The Kier molecular flexibility index (Phi) is 2.21. The van der Waals surface area contributed by atoms with Crippen LogP contribution in [0.1, 0.15) is 0 Å². The molecule has 1 N–H and O–H groups in total. The number of rotatable bonds is 1. The van der Waals surface area contributed by atoms with E-state index in [1.54, 1.807) is 0 Å². The molecule has 15 heavy (non-hydrogen) atoms. The normalized spacial score (nSPS) is 10.2. The number of H-pyrrole nitrogens is 1. The summed E-state index contributed by atoms with van der Waals surface area (Å²) >= 11 is 0. The molecular formula is C10H7FN2O2. The summed E-state index contributed by atoms with van der Waals surface area (Å²) in [7, 11) is 0. The van der Waals surface area contributed by atoms with Crippen LogP contribution >= 0.6 is 0 Å². The van der Waals surface area contributed by atoms with Gasteiger partial charge in [-0.3, -0.25) is 4.79 Å². The summed E-state index contributed by atoms with van der Waals surface area (Å²) in [6.07, 6.45) is 1.25. The van der Waals surface area contributed by atoms with Gasteiger partial charge in [-0.2, -0.15) is 0 Å². The maximum atomic E-state index is 12.9. The van der Waals surface area contributed by atoms with E-state index in [9.17, 15) is 14.0 Å². The molecular weight excluding hydrogens is 199 g/mol. The van der Waals surface area contributed by atoms with E-state index >= 15 is 0 Å². The first-order valence-electron chi connectivity index (χ1n) is 4.25. The number of nitrogens with zero attached hydrogens (tertiary/aromatic N) is 1. The third kappa shape index (κ3) is 1.71. The first-order chi connectivity index (χ1) is 7.18. The average Bonchev–Trinajstić information content (AvgIpc) is 2.17. The number of benzene rings is 1. The van der Waals surface area contributed by atoms with Gasteiger partial charge in [0.1, 0.15) is 5.82 Å². The van der Waals surface area contributed by atoms with Crippen molar-refractivity contribution in [3.05, 3.63) is 63.2 Å². The van der Waals surface area contributed by atoms with Gasteiger partial charge >= 0.3 is 5.69 Å². The van der Waals surface area contributed by atoms with Crippen molar-refractivity contribution in [3.8, 4) is 5.69 Å². The van der Waals surface area contributed by atoms with Crippen LogP contribution in [0.2, 0.25) is 0 Å². The number of hydrogen-bond acceptors (Lipinski definition) is 2. The van der Waals surface area contributed by atoms with Crippen LogP contribution in [0.3, 0.4) is 0 Å². The number of halogens is 1. The predicted molar refractivity (Wildman–Crippen MR) is 52.6 cm³/mol. The second-order valence-electron chi connectivity index (χ2n) is 2.94. The van der Waals surface area contributed by atoms with Gasteiger partial charge in [0, 0.05) is 12.3 Å². The Morgan fingerprint density at radius 3 is 2.67 bits per heavy atom. The smallest absolute Gasteiger partial charge is 0.314 e. The summed E-state index contributed by atoms with van der Waals surface area (Å²) in [5.74, 6) is -0.498. The van der Waals surface area contributed by atoms with Crippen molar-refractivity contribution < 1.29 is 4.39 Å². The minimum Gasteiger partial charge on any atom is -0.314 e. The van der Waals surface area contributed by atoms with Gasteiger partial charge in [-0.15, -0.1) is 0 Å². The van der Waals surface area contributed by atoms with Gasteiger partial charge in [0.05, 0.1) is 5.69 Å². The molecule has 1 aromatic carbocycles. The van der Waals surface area contributed by atoms with E-state index in [2.05, 4.69) is 4.98 Å². The van der Waals surface area contributed by atoms with Crippen LogP contribution in [-0.4, -0.2) is 9.55 Å². The highest BCUT2D eigenvalue weighted by atomic mass is 19.1. The molecule has 0 aliphatic carbocycles. The highest BCUT2D eigenvalue weighted by molar-refractivity contribution is 5.31. The van der Waals surface area contributed by atoms with Crippen molar-refractivity contribution in [1.29, 1.82) is 0 Å². The molecule has 0 unspecified atom stereocenters. The quantitative estimate of drug-likeness (QED) is 0.745. The maximum Gasteiger partial charge on any atom is 0.332 e. The van der Waals surface area contributed by atoms with Crippen molar-refractivity contribution in [2.24, 2.45) is 0 Å². The van der Waals surface area contributed by atoms with Crippen LogP contribution in [0.25, 0.3) is 5.69 Å². The molecule has 0 amide bonds. The van der Waals surface area contributed by atoms with Crippen molar-refractivity contribution >= 4 is 0 Å². The lowest BCUT2D eigenvalue weighted by Gasteiger charge is -2.02. The van der Waals surface area contributed by atoms with Gasteiger partial charge in [0.2, 0.25) is 0 Å². The van der Waals surface area contributed by atoms with Crippen molar-refractivity contribution in [1.82, 2.24) is 9.55 Å². The molecule has 2 rings (SSSR count). The van der Waals surface area contributed by atoms with Gasteiger partial charge in [-0.05, 0) is 18.2 Å². The molecule has 0 spiro atoms. The summed E-state index contributed by atoms with van der Waals surface area (Å²) in [6.45, 7) is 0. The first kappa shape index (κ1) is 9.39. The number of nitrogens with one attached hydrogen (secondary N) is 1. The molecule has 0 saturated carbocycles. The molecule has 0 radical (unpaired) electrons. The summed E-state index contributed by atoms with van der Waals surface area (Å²) in [5.41, 5.74) is -0.876. The fourth-order valence-corrected chi connectivity index (χ4v) is 1.28. The molecule has 0 atom stereocenters. The summed E-state index contributed by atoms with van der Waals surface area (Å²) in [4.78, 5) is 25.1. The van der Waals surface area contributed by atoms with Gasteiger partial charge in [-0.25, -0.2) is 13.8 Å². The zero-order chi connectivity index (χ0) is 10.8. The van der Waals surface area contributed by atoms with Crippen LogP contribution in [-0.2, 0) is 0 Å². The predicted octanol–water partition coefficient (Wildman–Crippen LogP) is 0.665. The lowest BCUT2D eigenvalue weighted by atomic mass is 10.3. The Morgan fingerprint density at radius 1 is 1.20 bits per heavy atom. The fourth-order valence-electron chi connectivity index (χ4n) is 1.28. The molecule has 76 valence electrons. The van der Waals surface area contributed by atoms with Crippen LogP contribution < -0.4 is 11.2 Å². The number of aromatic nitrogens is 2. The Hall–Kier alpha value is -2.17. The summed E-state index contributed by atoms with van der Waals surface area (Å²) in [6, 6.07) is 6.48. The first-order valence-corrected chi connectivity index (χ1v) is 4.25.